The molecule has 1 aromatic carbocycles. The highest BCUT2D eigenvalue weighted by atomic mass is 35.5. The number of anilines is 1. The van der Waals surface area contributed by atoms with Crippen molar-refractivity contribution in [2.45, 2.75) is 0 Å². The van der Waals surface area contributed by atoms with Crippen LogP contribution < -0.4 is 4.90 Å². The van der Waals surface area contributed by atoms with E-state index in [1.54, 1.807) is 0 Å². The zero-order valence-electron chi connectivity index (χ0n) is 9.84. The summed E-state index contributed by atoms with van der Waals surface area (Å²) in [6.07, 6.45) is 0. The number of aromatic nitrogens is 1. The van der Waals surface area contributed by atoms with Gasteiger partial charge in [0.25, 0.3) is 11.7 Å². The van der Waals surface area contributed by atoms with Crippen molar-refractivity contribution in [2.24, 2.45) is 0 Å². The molecule has 7 nitrogen and oxygen atoms in total. The van der Waals surface area contributed by atoms with Crippen LogP contribution in [0.25, 0.3) is 11.1 Å². The van der Waals surface area contributed by atoms with Crippen LogP contribution in [0.3, 0.4) is 0 Å². The fourth-order valence-corrected chi connectivity index (χ4v) is 2.18. The zero-order chi connectivity index (χ0) is 13.4. The van der Waals surface area contributed by atoms with Gasteiger partial charge in [-0.05, 0) is 6.07 Å². The lowest BCUT2D eigenvalue weighted by atomic mass is 10.3. The van der Waals surface area contributed by atoms with E-state index in [2.05, 4.69) is 4.98 Å². The van der Waals surface area contributed by atoms with E-state index >= 15 is 0 Å². The summed E-state index contributed by atoms with van der Waals surface area (Å²) in [5.74, 6) is 0. The van der Waals surface area contributed by atoms with Gasteiger partial charge in [-0.25, -0.2) is 0 Å². The molecule has 0 N–H and O–H groups in total. The molecule has 0 aliphatic carbocycles. The van der Waals surface area contributed by atoms with Gasteiger partial charge in [0.2, 0.25) is 0 Å². The van der Waals surface area contributed by atoms with Crippen molar-refractivity contribution in [3.05, 3.63) is 27.3 Å². The van der Waals surface area contributed by atoms with E-state index in [1.807, 2.05) is 4.90 Å². The highest BCUT2D eigenvalue weighted by Gasteiger charge is 2.20. The molecular formula is C11H10ClN3O4. The highest BCUT2D eigenvalue weighted by Crippen LogP contribution is 2.32. The van der Waals surface area contributed by atoms with Crippen LogP contribution in [0, 0.1) is 10.1 Å². The van der Waals surface area contributed by atoms with Crippen molar-refractivity contribution >= 4 is 34.4 Å². The summed E-state index contributed by atoms with van der Waals surface area (Å²) < 4.78 is 10.8. The number of fused-ring (bicyclic) bond motifs is 1. The number of rotatable bonds is 2. The first-order valence-corrected chi connectivity index (χ1v) is 6.10. The minimum Gasteiger partial charge on any atom is -0.423 e. The Morgan fingerprint density at radius 1 is 1.37 bits per heavy atom. The molecule has 1 fully saturated rings. The van der Waals surface area contributed by atoms with E-state index in [0.717, 1.165) is 0 Å². The minimum absolute atomic E-state index is 0.0549. The number of halogens is 1. The third-order valence-electron chi connectivity index (χ3n) is 2.92. The van der Waals surface area contributed by atoms with Gasteiger partial charge in [0.05, 0.1) is 24.2 Å². The number of nitrogens with zero attached hydrogens (tertiary/aromatic N) is 3. The molecule has 0 spiro atoms. The van der Waals surface area contributed by atoms with Gasteiger partial charge in [0.15, 0.2) is 5.58 Å². The summed E-state index contributed by atoms with van der Waals surface area (Å²) in [6, 6.07) is 3.19. The van der Waals surface area contributed by atoms with Crippen LogP contribution >= 0.6 is 11.6 Å². The number of morpholine rings is 1. The average molecular weight is 284 g/mol. The number of hydrogen-bond donors (Lipinski definition) is 0. The molecule has 8 heteroatoms. The van der Waals surface area contributed by atoms with Gasteiger partial charge in [-0.2, -0.15) is 4.98 Å². The molecule has 3 rings (SSSR count). The molecule has 2 heterocycles. The maximum atomic E-state index is 10.8. The predicted molar refractivity (Wildman–Crippen MR) is 68.7 cm³/mol. The second-order valence-electron chi connectivity index (χ2n) is 4.12. The third kappa shape index (κ3) is 2.22. The Hall–Kier alpha value is -1.86. The number of nitro benzene ring substituents is 1. The summed E-state index contributed by atoms with van der Waals surface area (Å²) in [6.45, 7) is 2.59. The lowest BCUT2D eigenvalue weighted by Crippen LogP contribution is -2.36. The number of hydrogen-bond acceptors (Lipinski definition) is 6. The maximum Gasteiger partial charge on any atom is 0.298 e. The highest BCUT2D eigenvalue weighted by molar-refractivity contribution is 6.33. The van der Waals surface area contributed by atoms with Gasteiger partial charge in [0, 0.05) is 13.1 Å². The largest absolute Gasteiger partial charge is 0.423 e. The van der Waals surface area contributed by atoms with Crippen molar-refractivity contribution in [2.75, 3.05) is 31.2 Å². The molecule has 1 aliphatic rings. The lowest BCUT2D eigenvalue weighted by molar-refractivity contribution is -0.384. The van der Waals surface area contributed by atoms with Crippen LogP contribution in [0.4, 0.5) is 11.7 Å². The van der Waals surface area contributed by atoms with Gasteiger partial charge in [0.1, 0.15) is 10.5 Å². The Bertz CT molecular complexity index is 636. The van der Waals surface area contributed by atoms with Crippen LogP contribution in [0.15, 0.2) is 16.5 Å². The fourth-order valence-electron chi connectivity index (χ4n) is 1.96. The van der Waals surface area contributed by atoms with Gasteiger partial charge in [-0.3, -0.25) is 10.1 Å². The first-order chi connectivity index (χ1) is 9.15. The molecule has 0 saturated carbocycles. The van der Waals surface area contributed by atoms with E-state index in [0.29, 0.717) is 43.4 Å². The lowest BCUT2D eigenvalue weighted by Gasteiger charge is -2.24. The summed E-state index contributed by atoms with van der Waals surface area (Å²) in [5, 5.41) is 10.9. The monoisotopic (exact) mass is 283 g/mol. The van der Waals surface area contributed by atoms with Crippen LogP contribution in [0.2, 0.25) is 5.02 Å². The SMILES string of the molecule is O=[N+]([O-])c1cc2oc(N3CCOCC3)nc2cc1Cl. The zero-order valence-corrected chi connectivity index (χ0v) is 10.6. The molecule has 2 aromatic rings. The van der Waals surface area contributed by atoms with Crippen LogP contribution in [-0.2, 0) is 4.74 Å². The molecule has 0 atom stereocenters. The second kappa shape index (κ2) is 4.67. The minimum atomic E-state index is -0.543. The van der Waals surface area contributed by atoms with Crippen LogP contribution in [0.5, 0.6) is 0 Å². The van der Waals surface area contributed by atoms with Gasteiger partial charge in [-0.1, -0.05) is 11.6 Å². The number of nitro groups is 1. The van der Waals surface area contributed by atoms with Gasteiger partial charge < -0.3 is 14.1 Å². The van der Waals surface area contributed by atoms with E-state index in [1.165, 1.54) is 12.1 Å². The first-order valence-electron chi connectivity index (χ1n) is 5.72. The Balaban J connectivity index is 2.02. The van der Waals surface area contributed by atoms with Gasteiger partial charge in [-0.15, -0.1) is 0 Å². The normalized spacial score (nSPS) is 15.9. The topological polar surface area (TPSA) is 81.6 Å². The van der Waals surface area contributed by atoms with Gasteiger partial charge >= 0.3 is 0 Å². The van der Waals surface area contributed by atoms with Crippen molar-refractivity contribution < 1.29 is 14.1 Å². The number of ether oxygens (including phenoxy) is 1. The number of oxazole rings is 1. The van der Waals surface area contributed by atoms with E-state index in [4.69, 9.17) is 20.8 Å². The van der Waals surface area contributed by atoms with Crippen LogP contribution in [0.1, 0.15) is 0 Å². The summed E-state index contributed by atoms with van der Waals surface area (Å²) >= 11 is 5.84. The van der Waals surface area contributed by atoms with Crippen molar-refractivity contribution in [1.82, 2.24) is 4.98 Å². The predicted octanol–water partition coefficient (Wildman–Crippen LogP) is 2.23. The molecule has 1 aliphatic heterocycles. The summed E-state index contributed by atoms with van der Waals surface area (Å²) in [5.41, 5.74) is 0.688. The second-order valence-corrected chi connectivity index (χ2v) is 4.53. The fraction of sp³-hybridized carbons (Fsp3) is 0.364. The number of benzene rings is 1. The van der Waals surface area contributed by atoms with Crippen molar-refractivity contribution in [3.63, 3.8) is 0 Å². The smallest absolute Gasteiger partial charge is 0.298 e. The Morgan fingerprint density at radius 3 is 2.79 bits per heavy atom. The first kappa shape index (κ1) is 12.2. The molecule has 0 bridgehead atoms. The average Bonchev–Trinajstić information content (AvgIpc) is 2.81. The molecule has 100 valence electrons. The molecule has 1 aromatic heterocycles. The molecule has 0 amide bonds. The van der Waals surface area contributed by atoms with Crippen molar-refractivity contribution in [3.8, 4) is 0 Å². The van der Waals surface area contributed by atoms with Crippen LogP contribution in [-0.4, -0.2) is 36.2 Å². The Labute approximate surface area is 112 Å². The molecule has 1 saturated heterocycles. The Kier molecular flexibility index (Phi) is 3.00. The quantitative estimate of drug-likeness (QED) is 0.621. The third-order valence-corrected chi connectivity index (χ3v) is 3.23. The standard InChI is InChI=1S/C11H10ClN3O4/c12-7-5-8-10(6-9(7)15(16)17)19-11(13-8)14-1-3-18-4-2-14/h5-6H,1-4H2. The molecule has 0 radical (unpaired) electrons. The summed E-state index contributed by atoms with van der Waals surface area (Å²) in [7, 11) is 0. The van der Waals surface area contributed by atoms with E-state index < -0.39 is 4.92 Å². The molecular weight excluding hydrogens is 274 g/mol. The Morgan fingerprint density at radius 2 is 2.11 bits per heavy atom. The van der Waals surface area contributed by atoms with E-state index in [-0.39, 0.29) is 10.7 Å². The maximum absolute atomic E-state index is 10.8. The van der Waals surface area contributed by atoms with E-state index in [9.17, 15) is 10.1 Å². The molecule has 19 heavy (non-hydrogen) atoms. The molecule has 0 unspecified atom stereocenters. The summed E-state index contributed by atoms with van der Waals surface area (Å²) in [4.78, 5) is 16.5. The van der Waals surface area contributed by atoms with Crippen molar-refractivity contribution in [1.29, 1.82) is 0 Å².